The molecule has 1 aromatic heterocycles. The molecule has 1 saturated carbocycles. The van der Waals surface area contributed by atoms with Crippen molar-refractivity contribution in [3.8, 4) is 0 Å². The van der Waals surface area contributed by atoms with Crippen molar-refractivity contribution in [2.75, 3.05) is 6.54 Å². The van der Waals surface area contributed by atoms with Crippen LogP contribution in [0.2, 0.25) is 0 Å². The molecule has 138 valence electrons. The van der Waals surface area contributed by atoms with Gasteiger partial charge in [-0.3, -0.25) is 4.55 Å². The van der Waals surface area contributed by atoms with E-state index in [0.717, 1.165) is 19.3 Å². The van der Waals surface area contributed by atoms with E-state index in [9.17, 15) is 13.2 Å². The molecule has 0 spiro atoms. The third kappa shape index (κ3) is 3.10. The van der Waals surface area contributed by atoms with Crippen LogP contribution >= 0.6 is 0 Å². The SMILES string of the molecule is N[C@H]1CCC(c2nnc([C@@H]3CC[C@H]4CN3C(=O)N4OS(=O)(=O)O)o2)C1. The van der Waals surface area contributed by atoms with E-state index in [2.05, 4.69) is 14.5 Å². The molecule has 3 N–H and O–H groups in total. The highest BCUT2D eigenvalue weighted by atomic mass is 32.3. The van der Waals surface area contributed by atoms with Crippen molar-refractivity contribution in [2.45, 2.75) is 56.1 Å². The van der Waals surface area contributed by atoms with Crippen molar-refractivity contribution in [2.24, 2.45) is 5.73 Å². The number of hydrogen-bond donors (Lipinski definition) is 2. The summed E-state index contributed by atoms with van der Waals surface area (Å²) < 4.78 is 40.9. The van der Waals surface area contributed by atoms with Crippen LogP contribution in [0, 0.1) is 0 Å². The molecule has 0 aromatic carbocycles. The minimum atomic E-state index is -4.76. The molecular weight excluding hydrogens is 354 g/mol. The van der Waals surface area contributed by atoms with E-state index in [1.54, 1.807) is 0 Å². The highest BCUT2D eigenvalue weighted by Gasteiger charge is 2.49. The van der Waals surface area contributed by atoms with Gasteiger partial charge in [-0.25, -0.2) is 4.79 Å². The summed E-state index contributed by atoms with van der Waals surface area (Å²) in [5.74, 6) is 1.000. The van der Waals surface area contributed by atoms with Crippen LogP contribution in [0.3, 0.4) is 0 Å². The fraction of sp³-hybridized carbons (Fsp3) is 0.769. The van der Waals surface area contributed by atoms with Crippen molar-refractivity contribution in [1.29, 1.82) is 0 Å². The molecule has 1 unspecified atom stereocenters. The van der Waals surface area contributed by atoms with Crippen molar-refractivity contribution < 1.29 is 26.5 Å². The lowest BCUT2D eigenvalue weighted by atomic mass is 10.0. The summed E-state index contributed by atoms with van der Waals surface area (Å²) in [5.41, 5.74) is 5.91. The number of piperidine rings is 1. The Morgan fingerprint density at radius 1 is 1.20 bits per heavy atom. The lowest BCUT2D eigenvalue weighted by molar-refractivity contribution is -0.0317. The van der Waals surface area contributed by atoms with Crippen molar-refractivity contribution in [3.63, 3.8) is 0 Å². The number of carbonyl (C=O) groups excluding carboxylic acids is 1. The molecule has 12 heteroatoms. The van der Waals surface area contributed by atoms with E-state index >= 15 is 0 Å². The quantitative estimate of drug-likeness (QED) is 0.711. The average Bonchev–Trinajstić information content (AvgIpc) is 3.23. The minimum absolute atomic E-state index is 0.140. The van der Waals surface area contributed by atoms with E-state index in [1.807, 2.05) is 0 Å². The zero-order valence-corrected chi connectivity index (χ0v) is 14.1. The largest absolute Gasteiger partial charge is 0.423 e. The Morgan fingerprint density at radius 3 is 2.64 bits per heavy atom. The summed E-state index contributed by atoms with van der Waals surface area (Å²) in [7, 11) is -4.76. The standard InChI is InChI=1S/C13H19N5O6S/c14-8-2-1-7(5-8)11-15-16-12(23-11)10-4-3-9-6-17(10)13(19)18(9)24-25(20,21)22/h7-10H,1-6,14H2,(H,20,21,22)/t7?,8-,9-,10-/m0/s1. The number of fused-ring (bicyclic) bond motifs is 2. The second-order valence-corrected chi connectivity index (χ2v) is 7.76. The molecule has 11 nitrogen and oxygen atoms in total. The number of rotatable bonds is 4. The first-order valence-corrected chi connectivity index (χ1v) is 9.54. The number of carbonyl (C=O) groups is 1. The third-order valence-corrected chi connectivity index (χ3v) is 5.41. The Kier molecular flexibility index (Phi) is 3.94. The highest BCUT2D eigenvalue weighted by molar-refractivity contribution is 7.80. The molecule has 3 aliphatic rings. The Bertz CT molecular complexity index is 782. The summed E-state index contributed by atoms with van der Waals surface area (Å²) in [5, 5.41) is 8.88. The molecule has 1 aromatic rings. The Morgan fingerprint density at radius 2 is 1.96 bits per heavy atom. The van der Waals surface area contributed by atoms with Gasteiger partial charge in [0.2, 0.25) is 11.8 Å². The van der Waals surface area contributed by atoms with E-state index in [-0.39, 0.29) is 18.5 Å². The molecule has 0 radical (unpaired) electrons. The zero-order valence-electron chi connectivity index (χ0n) is 13.3. The first-order chi connectivity index (χ1) is 11.8. The van der Waals surface area contributed by atoms with Crippen LogP contribution in [0.5, 0.6) is 0 Å². The number of nitrogens with zero attached hydrogens (tertiary/aromatic N) is 4. The van der Waals surface area contributed by atoms with Gasteiger partial charge in [0.05, 0.1) is 6.04 Å². The average molecular weight is 373 g/mol. The maximum atomic E-state index is 12.4. The number of hydrogen-bond acceptors (Lipinski definition) is 8. The van der Waals surface area contributed by atoms with Gasteiger partial charge in [0.1, 0.15) is 6.04 Å². The first kappa shape index (κ1) is 16.7. The zero-order chi connectivity index (χ0) is 17.8. The summed E-state index contributed by atoms with van der Waals surface area (Å²) in [6.45, 7) is 0.269. The summed E-state index contributed by atoms with van der Waals surface area (Å²) >= 11 is 0. The van der Waals surface area contributed by atoms with Crippen LogP contribution in [0.15, 0.2) is 4.42 Å². The maximum Gasteiger partial charge on any atom is 0.418 e. The first-order valence-electron chi connectivity index (χ1n) is 8.17. The van der Waals surface area contributed by atoms with Crippen LogP contribution < -0.4 is 5.73 Å². The van der Waals surface area contributed by atoms with Gasteiger partial charge in [-0.1, -0.05) is 0 Å². The van der Waals surface area contributed by atoms with Crippen LogP contribution in [0.1, 0.15) is 55.8 Å². The Labute approximate surface area is 144 Å². The fourth-order valence-electron chi connectivity index (χ4n) is 3.88. The van der Waals surface area contributed by atoms with Gasteiger partial charge in [0.25, 0.3) is 0 Å². The fourth-order valence-corrected chi connectivity index (χ4v) is 4.26. The topological polar surface area (TPSA) is 152 Å². The van der Waals surface area contributed by atoms with Gasteiger partial charge in [0.15, 0.2) is 0 Å². The highest BCUT2D eigenvalue weighted by Crippen LogP contribution is 2.40. The van der Waals surface area contributed by atoms with Crippen LogP contribution in [0.4, 0.5) is 4.79 Å². The molecule has 1 aliphatic carbocycles. The normalized spacial score (nSPS) is 32.6. The lowest BCUT2D eigenvalue weighted by Gasteiger charge is -2.27. The number of aromatic nitrogens is 2. The minimum Gasteiger partial charge on any atom is -0.423 e. The van der Waals surface area contributed by atoms with E-state index in [0.29, 0.717) is 29.7 Å². The lowest BCUT2D eigenvalue weighted by Crippen LogP contribution is -2.35. The molecule has 3 heterocycles. The molecule has 2 aliphatic heterocycles. The van der Waals surface area contributed by atoms with Crippen LogP contribution in [-0.4, -0.2) is 57.8 Å². The van der Waals surface area contributed by atoms with Crippen LogP contribution in [0.25, 0.3) is 0 Å². The number of hydroxylamine groups is 2. The second kappa shape index (κ2) is 5.90. The monoisotopic (exact) mass is 373 g/mol. The number of nitrogens with two attached hydrogens (primary N) is 1. The molecule has 2 amide bonds. The van der Waals surface area contributed by atoms with Gasteiger partial charge in [-0.2, -0.15) is 13.5 Å². The van der Waals surface area contributed by atoms with E-state index in [1.165, 1.54) is 4.90 Å². The predicted molar refractivity (Wildman–Crippen MR) is 81.2 cm³/mol. The Hall–Kier alpha value is -1.76. The summed E-state index contributed by atoms with van der Waals surface area (Å²) in [6.07, 6.45) is 3.64. The molecular formula is C13H19N5O6S. The van der Waals surface area contributed by atoms with E-state index < -0.39 is 28.5 Å². The van der Waals surface area contributed by atoms with Gasteiger partial charge in [-0.05, 0) is 32.1 Å². The van der Waals surface area contributed by atoms with Gasteiger partial charge >= 0.3 is 16.4 Å². The molecule has 2 saturated heterocycles. The summed E-state index contributed by atoms with van der Waals surface area (Å²) in [6, 6.07) is -1.38. The molecule has 4 rings (SSSR count). The predicted octanol–water partition coefficient (Wildman–Crippen LogP) is 0.340. The van der Waals surface area contributed by atoms with Crippen molar-refractivity contribution in [1.82, 2.24) is 20.2 Å². The molecule has 2 bridgehead atoms. The molecule has 3 fully saturated rings. The van der Waals surface area contributed by atoms with Crippen molar-refractivity contribution >= 4 is 16.4 Å². The van der Waals surface area contributed by atoms with E-state index in [4.69, 9.17) is 14.7 Å². The second-order valence-electron chi connectivity index (χ2n) is 6.76. The van der Waals surface area contributed by atoms with Crippen molar-refractivity contribution in [3.05, 3.63) is 11.8 Å². The number of amides is 2. The van der Waals surface area contributed by atoms with Gasteiger partial charge in [0, 0.05) is 18.5 Å². The van der Waals surface area contributed by atoms with Gasteiger partial charge < -0.3 is 15.1 Å². The van der Waals surface area contributed by atoms with Gasteiger partial charge in [-0.15, -0.1) is 14.5 Å². The number of urea groups is 1. The van der Waals surface area contributed by atoms with Crippen LogP contribution in [-0.2, 0) is 14.7 Å². The molecule has 25 heavy (non-hydrogen) atoms. The molecule has 4 atom stereocenters. The third-order valence-electron chi connectivity index (χ3n) is 5.06. The smallest absolute Gasteiger partial charge is 0.418 e. The Balaban J connectivity index is 1.51. The maximum absolute atomic E-state index is 12.4. The summed E-state index contributed by atoms with van der Waals surface area (Å²) in [4.78, 5) is 13.8.